The Bertz CT molecular complexity index is 4600. The van der Waals surface area contributed by atoms with Crippen molar-refractivity contribution >= 4 is 105 Å². The molecule has 1 spiro atoms. The third-order valence-electron chi connectivity index (χ3n) is 18.8. The fourth-order valence-electron chi connectivity index (χ4n) is 16.1. The maximum atomic E-state index is 8.93. The smallest absolute Gasteiger partial charge is 0.195 e. The molecule has 77 heavy (non-hydrogen) atoms. The predicted octanol–water partition coefficient (Wildman–Crippen LogP) is 19.9. The second-order valence-corrected chi connectivity index (χ2v) is 22.6. The van der Waals surface area contributed by atoms with Gasteiger partial charge in [-0.05, 0) is 195 Å². The Kier molecular flexibility index (Phi) is 9.02. The van der Waals surface area contributed by atoms with Crippen LogP contribution in [-0.4, -0.2) is 4.98 Å². The van der Waals surface area contributed by atoms with E-state index in [1.807, 2.05) is 30.6 Å². The van der Waals surface area contributed by atoms with Crippen LogP contribution in [-0.2, 0) is 5.41 Å². The highest BCUT2D eigenvalue weighted by atomic mass is 16.3. The fraction of sp³-hybridized carbons (Fsp3) is 0.139. The van der Waals surface area contributed by atoms with Gasteiger partial charge in [-0.2, -0.15) is 0 Å². The maximum absolute atomic E-state index is 8.93. The summed E-state index contributed by atoms with van der Waals surface area (Å²) in [5.74, 6) is 3.14. The number of nitrogens with zero attached hydrogens (tertiary/aromatic N) is 4. The number of pyridine rings is 1. The van der Waals surface area contributed by atoms with E-state index in [0.29, 0.717) is 17.5 Å². The molecule has 2 aromatic heterocycles. The SMILES string of the molecule is [C-]#[N+]c1cc2c(N(c3ccccc3)c3ccc4c(c3)oc3ccccc34)c(-c3cccnc3)cc3ccc4c(N(c5ccc6c(c5)-c5ccccc5C65C6CC7CC(C6)CC5C7)c5ccc6ccccc6c5)ccc1c4c32. The van der Waals surface area contributed by atoms with Gasteiger partial charge in [0.05, 0.1) is 17.9 Å². The summed E-state index contributed by atoms with van der Waals surface area (Å²) in [6.07, 6.45) is 10.6. The standard InChI is InChI=1S/C72H50N4O/c1-73-65-41-62-69-47(38-60(48-14-11-31-74-42-48)71(62)76(51-15-3-2-4-16-51)54-24-27-57-56-18-8-10-20-67(56)77-68(57)40-54)22-26-59-66(30-28-58(65)70(59)69)75(52-23-21-45-12-5-6-13-46(45)37-52)53-25-29-64-61(39-53)55-17-7-9-19-63(55)72(64)49-33-43-32-44(35-49)36-50(72)34-43/h2-31,37-44,49-50H,32-36H2. The zero-order chi connectivity index (χ0) is 50.5. The lowest BCUT2D eigenvalue weighted by molar-refractivity contribution is -0.0399. The quantitative estimate of drug-likeness (QED) is 0.118. The third-order valence-corrected chi connectivity index (χ3v) is 18.8. The number of furan rings is 1. The molecular weight excluding hydrogens is 937 g/mol. The summed E-state index contributed by atoms with van der Waals surface area (Å²) < 4.78 is 6.59. The molecule has 5 aliphatic carbocycles. The van der Waals surface area contributed by atoms with Crippen LogP contribution in [0.4, 0.5) is 39.8 Å². The van der Waals surface area contributed by atoms with Crippen molar-refractivity contribution in [1.29, 1.82) is 0 Å². The highest BCUT2D eigenvalue weighted by Crippen LogP contribution is 2.70. The van der Waals surface area contributed by atoms with Crippen molar-refractivity contribution in [1.82, 2.24) is 4.98 Å². The van der Waals surface area contributed by atoms with Gasteiger partial charge < -0.3 is 14.2 Å². The molecular formula is C72H50N4O. The van der Waals surface area contributed by atoms with Crippen LogP contribution in [0.1, 0.15) is 43.2 Å². The van der Waals surface area contributed by atoms with Crippen LogP contribution >= 0.6 is 0 Å². The summed E-state index contributed by atoms with van der Waals surface area (Å²) in [5.41, 5.74) is 16.5. The fourth-order valence-corrected chi connectivity index (χ4v) is 16.1. The summed E-state index contributed by atoms with van der Waals surface area (Å²) in [6.45, 7) is 8.93. The average molecular weight is 987 g/mol. The number of hydrogen-bond acceptors (Lipinski definition) is 4. The maximum Gasteiger partial charge on any atom is 0.195 e. The molecule has 5 heteroatoms. The summed E-state index contributed by atoms with van der Waals surface area (Å²) >= 11 is 0. The van der Waals surface area contributed by atoms with Crippen LogP contribution in [0.2, 0.25) is 0 Å². The lowest BCUT2D eigenvalue weighted by atomic mass is 9.43. The highest BCUT2D eigenvalue weighted by Gasteiger charge is 2.61. The first kappa shape index (κ1) is 43.0. The summed E-state index contributed by atoms with van der Waals surface area (Å²) in [6, 6.07) is 75.7. The van der Waals surface area contributed by atoms with E-state index in [0.717, 1.165) is 111 Å². The van der Waals surface area contributed by atoms with Gasteiger partial charge in [-0.25, -0.2) is 4.85 Å². The lowest BCUT2D eigenvalue weighted by Gasteiger charge is -2.61. The van der Waals surface area contributed by atoms with Gasteiger partial charge in [-0.3, -0.25) is 4.98 Å². The van der Waals surface area contributed by atoms with Gasteiger partial charge in [0.1, 0.15) is 11.2 Å². The Hall–Kier alpha value is -9.24. The van der Waals surface area contributed by atoms with Crippen molar-refractivity contribution in [3.8, 4) is 22.3 Å². The van der Waals surface area contributed by atoms with Gasteiger partial charge in [0.2, 0.25) is 0 Å². The molecule has 5 nitrogen and oxygen atoms in total. The first-order valence-corrected chi connectivity index (χ1v) is 27.5. The minimum Gasteiger partial charge on any atom is -0.456 e. The van der Waals surface area contributed by atoms with Crippen molar-refractivity contribution in [3.05, 3.63) is 241 Å². The molecule has 0 amide bonds. The second-order valence-electron chi connectivity index (χ2n) is 22.6. The van der Waals surface area contributed by atoms with Gasteiger partial charge in [-0.1, -0.05) is 121 Å². The first-order chi connectivity index (χ1) is 38.1. The minimum atomic E-state index is 0.0760. The number of aromatic nitrogens is 1. The Morgan fingerprint density at radius 1 is 0.455 bits per heavy atom. The molecule has 0 aliphatic heterocycles. The van der Waals surface area contributed by atoms with E-state index in [-0.39, 0.29) is 5.41 Å². The Morgan fingerprint density at radius 3 is 1.99 bits per heavy atom. The topological polar surface area (TPSA) is 36.9 Å². The number of anilines is 6. The number of rotatable bonds is 7. The van der Waals surface area contributed by atoms with Crippen LogP contribution in [0.5, 0.6) is 0 Å². The summed E-state index contributed by atoms with van der Waals surface area (Å²) in [5, 5.41) is 10.9. The molecule has 5 aliphatic rings. The Labute approximate surface area is 446 Å². The molecule has 364 valence electrons. The van der Waals surface area contributed by atoms with Crippen molar-refractivity contribution in [2.45, 2.75) is 37.5 Å². The van der Waals surface area contributed by atoms with E-state index < -0.39 is 0 Å². The van der Waals surface area contributed by atoms with E-state index >= 15 is 0 Å². The Balaban J connectivity index is 0.935. The number of para-hydroxylation sites is 2. The Morgan fingerprint density at radius 2 is 1.14 bits per heavy atom. The van der Waals surface area contributed by atoms with Crippen LogP contribution in [0.15, 0.2) is 223 Å². The van der Waals surface area contributed by atoms with E-state index in [1.54, 1.807) is 11.1 Å². The highest BCUT2D eigenvalue weighted by molar-refractivity contribution is 6.32. The lowest BCUT2D eigenvalue weighted by Crippen LogP contribution is -2.55. The molecule has 4 bridgehead atoms. The zero-order valence-electron chi connectivity index (χ0n) is 42.3. The average Bonchev–Trinajstić information content (AvgIpc) is 4.15. The van der Waals surface area contributed by atoms with Crippen molar-refractivity contribution < 1.29 is 4.42 Å². The van der Waals surface area contributed by atoms with Gasteiger partial charge in [0, 0.05) is 73.9 Å². The van der Waals surface area contributed by atoms with Gasteiger partial charge in [0.15, 0.2) is 5.69 Å². The molecule has 0 N–H and O–H groups in total. The predicted molar refractivity (Wildman–Crippen MR) is 317 cm³/mol. The van der Waals surface area contributed by atoms with Gasteiger partial charge >= 0.3 is 0 Å². The molecule has 0 radical (unpaired) electrons. The molecule has 13 aromatic rings. The molecule has 11 aromatic carbocycles. The monoisotopic (exact) mass is 986 g/mol. The zero-order valence-corrected chi connectivity index (χ0v) is 42.3. The molecule has 4 fully saturated rings. The van der Waals surface area contributed by atoms with Crippen molar-refractivity contribution in [2.24, 2.45) is 23.7 Å². The van der Waals surface area contributed by atoms with Crippen LogP contribution in [0, 0.1) is 30.2 Å². The van der Waals surface area contributed by atoms with E-state index in [1.165, 1.54) is 54.0 Å². The van der Waals surface area contributed by atoms with Crippen molar-refractivity contribution in [3.63, 3.8) is 0 Å². The summed E-state index contributed by atoms with van der Waals surface area (Å²) in [4.78, 5) is 13.9. The van der Waals surface area contributed by atoms with Crippen molar-refractivity contribution in [2.75, 3.05) is 9.80 Å². The molecule has 4 saturated carbocycles. The molecule has 0 unspecified atom stereocenters. The van der Waals surface area contributed by atoms with E-state index in [9.17, 15) is 0 Å². The normalized spacial score (nSPS) is 20.0. The number of benzene rings is 11. The molecule has 0 atom stereocenters. The number of hydrogen-bond donors (Lipinski definition) is 0. The van der Waals surface area contributed by atoms with Crippen LogP contribution < -0.4 is 9.80 Å². The third kappa shape index (κ3) is 6.07. The minimum absolute atomic E-state index is 0.0760. The first-order valence-electron chi connectivity index (χ1n) is 27.5. The largest absolute Gasteiger partial charge is 0.456 e. The molecule has 18 rings (SSSR count). The summed E-state index contributed by atoms with van der Waals surface area (Å²) in [7, 11) is 0. The molecule has 2 heterocycles. The second kappa shape index (κ2) is 16.1. The van der Waals surface area contributed by atoms with Gasteiger partial charge in [-0.15, -0.1) is 0 Å². The van der Waals surface area contributed by atoms with E-state index in [4.69, 9.17) is 11.0 Å². The van der Waals surface area contributed by atoms with Gasteiger partial charge in [0.25, 0.3) is 0 Å². The van der Waals surface area contributed by atoms with Crippen LogP contribution in [0.25, 0.3) is 92.1 Å². The van der Waals surface area contributed by atoms with E-state index in [2.05, 4.69) is 208 Å². The molecule has 0 saturated heterocycles. The number of fused-ring (bicyclic) bond motifs is 7. The van der Waals surface area contributed by atoms with Crippen LogP contribution in [0.3, 0.4) is 0 Å².